The van der Waals surface area contributed by atoms with E-state index in [9.17, 15) is 19.8 Å². The van der Waals surface area contributed by atoms with Crippen LogP contribution >= 0.6 is 11.6 Å². The molecule has 18 nitrogen and oxygen atoms in total. The highest BCUT2D eigenvalue weighted by molar-refractivity contribution is 6.28. The second kappa shape index (κ2) is 16.8. The summed E-state index contributed by atoms with van der Waals surface area (Å²) >= 11 is 6.19. The molecule has 0 radical (unpaired) electrons. The Morgan fingerprint density at radius 1 is 1.05 bits per heavy atom. The van der Waals surface area contributed by atoms with E-state index in [1.807, 2.05) is 0 Å². The summed E-state index contributed by atoms with van der Waals surface area (Å²) in [5.74, 6) is 0.395. The van der Waals surface area contributed by atoms with Crippen molar-refractivity contribution < 1.29 is 62.4 Å². The van der Waals surface area contributed by atoms with Crippen LogP contribution in [0.15, 0.2) is 6.33 Å². The number of imidazole rings is 1. The predicted octanol–water partition coefficient (Wildman–Crippen LogP) is 0.284. The number of anilines is 1. The Balaban J connectivity index is 1.39. The molecule has 0 spiro atoms. The largest absolute Gasteiger partial charge is 0.508 e. The summed E-state index contributed by atoms with van der Waals surface area (Å²) in [7, 11) is 2.89. The van der Waals surface area contributed by atoms with Gasteiger partial charge in [0.2, 0.25) is 5.28 Å². The lowest BCUT2D eigenvalue weighted by atomic mass is 10.1. The van der Waals surface area contributed by atoms with E-state index in [0.29, 0.717) is 24.5 Å². The second-order valence-corrected chi connectivity index (χ2v) is 10.0. The molecule has 0 saturated carbocycles. The maximum Gasteiger partial charge on any atom is 0.508 e. The molecular weight excluding hydrogens is 614 g/mol. The number of nitrogens with one attached hydrogen (secondary N) is 1. The average Bonchev–Trinajstić information content (AvgIpc) is 3.73. The van der Waals surface area contributed by atoms with Crippen LogP contribution in [0, 0.1) is 0 Å². The SMILES string of the molecule is COCCOC(=O)OCC(COC(=O)OCCOC)OC[C@H]1O[C@@H](n2cnc3c(N[C@H]4CCOC4)nc(Cl)nc32)[C@H](O)[C@@H]1O. The van der Waals surface area contributed by atoms with Gasteiger partial charge in [0.25, 0.3) is 0 Å². The van der Waals surface area contributed by atoms with Gasteiger partial charge in [0.05, 0.1) is 38.8 Å². The first-order valence-electron chi connectivity index (χ1n) is 13.7. The van der Waals surface area contributed by atoms with Crippen molar-refractivity contribution >= 4 is 40.9 Å². The number of fused-ring (bicyclic) bond motifs is 1. The standard InChI is InChI=1S/C25H36ClN5O13/c1-36-5-7-39-24(34)42-10-15(11-43-25(35)40-8-6-37-2)41-12-16-18(32)19(33)22(44-16)31-13-27-17-20(28-14-3-4-38-9-14)29-23(26)30-21(17)31/h13-16,18-19,22,32-33H,3-12H2,1-2H3,(H,28,29,30)/t14-,16+,18+,19+,22+/m0/s1. The van der Waals surface area contributed by atoms with Crippen LogP contribution < -0.4 is 5.32 Å². The van der Waals surface area contributed by atoms with Gasteiger partial charge in [-0.2, -0.15) is 9.97 Å². The van der Waals surface area contributed by atoms with Crippen LogP contribution in [0.5, 0.6) is 0 Å². The Kier molecular flexibility index (Phi) is 12.9. The van der Waals surface area contributed by atoms with Crippen LogP contribution in [-0.4, -0.2) is 146 Å². The molecule has 2 aliphatic heterocycles. The third kappa shape index (κ3) is 9.21. The molecule has 5 atom stereocenters. The molecule has 0 aromatic carbocycles. The Morgan fingerprint density at radius 3 is 2.34 bits per heavy atom. The molecule has 0 unspecified atom stereocenters. The zero-order chi connectivity index (χ0) is 31.5. The van der Waals surface area contributed by atoms with E-state index >= 15 is 0 Å². The highest BCUT2D eigenvalue weighted by atomic mass is 35.5. The van der Waals surface area contributed by atoms with Gasteiger partial charge in [0.15, 0.2) is 23.2 Å². The number of carbonyl (C=O) groups excluding carboxylic acids is 2. The summed E-state index contributed by atoms with van der Waals surface area (Å²) in [6.07, 6.45) is -5.80. The van der Waals surface area contributed by atoms with Gasteiger partial charge in [-0.25, -0.2) is 14.6 Å². The second-order valence-electron chi connectivity index (χ2n) is 9.68. The van der Waals surface area contributed by atoms with Gasteiger partial charge < -0.3 is 58.2 Å². The van der Waals surface area contributed by atoms with Gasteiger partial charge in [0.1, 0.15) is 50.8 Å². The van der Waals surface area contributed by atoms with E-state index in [1.165, 1.54) is 25.1 Å². The fourth-order valence-corrected chi connectivity index (χ4v) is 4.48. The van der Waals surface area contributed by atoms with Crippen LogP contribution in [0.25, 0.3) is 11.2 Å². The summed E-state index contributed by atoms with van der Waals surface area (Å²) in [5, 5.41) is 24.8. The lowest BCUT2D eigenvalue weighted by Gasteiger charge is -2.21. The zero-order valence-electron chi connectivity index (χ0n) is 24.2. The Bertz CT molecular complexity index is 1190. The minimum atomic E-state index is -1.41. The number of hydrogen-bond acceptors (Lipinski definition) is 17. The zero-order valence-corrected chi connectivity index (χ0v) is 24.9. The maximum atomic E-state index is 11.9. The van der Waals surface area contributed by atoms with Crippen molar-refractivity contribution in [2.45, 2.75) is 43.1 Å². The topological polar surface area (TPSA) is 213 Å². The van der Waals surface area contributed by atoms with Crippen molar-refractivity contribution in [1.82, 2.24) is 19.5 Å². The molecule has 2 aromatic heterocycles. The highest BCUT2D eigenvalue weighted by Crippen LogP contribution is 2.33. The van der Waals surface area contributed by atoms with E-state index in [-0.39, 0.29) is 63.2 Å². The maximum absolute atomic E-state index is 11.9. The Labute approximate surface area is 256 Å². The number of rotatable bonds is 16. The summed E-state index contributed by atoms with van der Waals surface area (Å²) in [6, 6.07) is 0.0197. The summed E-state index contributed by atoms with van der Waals surface area (Å²) in [6.45, 7) is 0.349. The lowest BCUT2D eigenvalue weighted by molar-refractivity contribution is -0.105. The van der Waals surface area contributed by atoms with Crippen LogP contribution in [0.4, 0.5) is 15.4 Å². The van der Waals surface area contributed by atoms with Gasteiger partial charge in [-0.3, -0.25) is 4.57 Å². The molecule has 0 bridgehead atoms. The molecule has 3 N–H and O–H groups in total. The first-order chi connectivity index (χ1) is 21.3. The molecule has 4 rings (SSSR count). The molecule has 19 heteroatoms. The average molecular weight is 650 g/mol. The number of aliphatic hydroxyl groups excluding tert-OH is 2. The quantitative estimate of drug-likeness (QED) is 0.126. The molecular formula is C25H36ClN5O13. The molecule has 4 heterocycles. The highest BCUT2D eigenvalue weighted by Gasteiger charge is 2.45. The molecule has 44 heavy (non-hydrogen) atoms. The fourth-order valence-electron chi connectivity index (χ4n) is 4.31. The summed E-state index contributed by atoms with van der Waals surface area (Å²) in [5.41, 5.74) is 0.651. The predicted molar refractivity (Wildman–Crippen MR) is 147 cm³/mol. The Hall–Kier alpha value is -3.10. The van der Waals surface area contributed by atoms with Gasteiger partial charge in [-0.15, -0.1) is 0 Å². The van der Waals surface area contributed by atoms with E-state index in [1.54, 1.807) is 0 Å². The number of methoxy groups -OCH3 is 2. The number of nitrogens with zero attached hydrogens (tertiary/aromatic N) is 4. The Morgan fingerprint density at radius 2 is 1.73 bits per heavy atom. The third-order valence-electron chi connectivity index (χ3n) is 6.56. The van der Waals surface area contributed by atoms with Gasteiger partial charge in [0, 0.05) is 20.8 Å². The smallest absolute Gasteiger partial charge is 0.432 e. The van der Waals surface area contributed by atoms with Crippen molar-refractivity contribution in [2.75, 3.05) is 79.0 Å². The number of hydrogen-bond donors (Lipinski definition) is 3. The van der Waals surface area contributed by atoms with Crippen LogP contribution in [0.1, 0.15) is 12.6 Å². The fraction of sp³-hybridized carbons (Fsp3) is 0.720. The molecule has 2 fully saturated rings. The van der Waals surface area contributed by atoms with Crippen LogP contribution in [0.2, 0.25) is 5.28 Å². The van der Waals surface area contributed by atoms with Crippen molar-refractivity contribution in [2.24, 2.45) is 0 Å². The number of carbonyl (C=O) groups is 2. The van der Waals surface area contributed by atoms with Gasteiger partial charge in [-0.1, -0.05) is 0 Å². The third-order valence-corrected chi connectivity index (χ3v) is 6.73. The van der Waals surface area contributed by atoms with Crippen molar-refractivity contribution in [3.8, 4) is 0 Å². The number of aromatic nitrogens is 4. The minimum absolute atomic E-state index is 0.0197. The molecule has 2 aromatic rings. The van der Waals surface area contributed by atoms with Crippen LogP contribution in [-0.2, 0) is 42.6 Å². The number of aliphatic hydroxyl groups is 2. The van der Waals surface area contributed by atoms with Crippen molar-refractivity contribution in [3.05, 3.63) is 11.6 Å². The van der Waals surface area contributed by atoms with E-state index in [2.05, 4.69) is 20.3 Å². The monoisotopic (exact) mass is 649 g/mol. The summed E-state index contributed by atoms with van der Waals surface area (Å²) < 4.78 is 48.0. The van der Waals surface area contributed by atoms with Crippen LogP contribution in [0.3, 0.4) is 0 Å². The first kappa shape index (κ1) is 33.8. The van der Waals surface area contributed by atoms with E-state index in [0.717, 1.165) is 6.42 Å². The number of halogens is 1. The van der Waals surface area contributed by atoms with Gasteiger partial charge in [-0.05, 0) is 18.0 Å². The minimum Gasteiger partial charge on any atom is -0.432 e. The molecule has 2 saturated heterocycles. The van der Waals surface area contributed by atoms with Crippen molar-refractivity contribution in [1.29, 1.82) is 0 Å². The molecule has 0 amide bonds. The molecule has 246 valence electrons. The first-order valence-corrected chi connectivity index (χ1v) is 14.1. The van der Waals surface area contributed by atoms with E-state index < -0.39 is 43.0 Å². The lowest BCUT2D eigenvalue weighted by Crippen LogP contribution is -2.37. The normalized spacial score (nSPS) is 23.3. The summed E-state index contributed by atoms with van der Waals surface area (Å²) in [4.78, 5) is 36.6. The number of ether oxygens (including phenoxy) is 9. The van der Waals surface area contributed by atoms with Gasteiger partial charge >= 0.3 is 12.3 Å². The van der Waals surface area contributed by atoms with E-state index in [4.69, 9.17) is 54.2 Å². The molecule has 0 aliphatic carbocycles. The molecule has 2 aliphatic rings. The van der Waals surface area contributed by atoms with Crippen molar-refractivity contribution in [3.63, 3.8) is 0 Å².